The molecule has 2 atom stereocenters. The third-order valence-electron chi connectivity index (χ3n) is 6.02. The second kappa shape index (κ2) is 11.0. The van der Waals surface area contributed by atoms with E-state index in [0.717, 1.165) is 34.5 Å². The number of sulfonamides is 1. The molecule has 0 radical (unpaired) electrons. The number of nitrogens with zero attached hydrogens (tertiary/aromatic N) is 1. The van der Waals surface area contributed by atoms with E-state index in [-0.39, 0.29) is 18.4 Å². The largest absolute Gasteiger partial charge is 0.376 e. The van der Waals surface area contributed by atoms with Gasteiger partial charge in [0.2, 0.25) is 15.9 Å². The molecule has 34 heavy (non-hydrogen) atoms. The number of hydrogen-bond acceptors (Lipinski definition) is 5. The Balaban J connectivity index is 1.83. The maximum absolute atomic E-state index is 13.3. The molecule has 0 unspecified atom stereocenters. The van der Waals surface area contributed by atoms with Crippen molar-refractivity contribution in [2.45, 2.75) is 52.2 Å². The number of hydrogen-bond donors (Lipinski definition) is 2. The van der Waals surface area contributed by atoms with Gasteiger partial charge in [0, 0.05) is 13.2 Å². The molecule has 0 saturated carbocycles. The van der Waals surface area contributed by atoms with Gasteiger partial charge >= 0.3 is 0 Å². The molecule has 1 saturated heterocycles. The van der Waals surface area contributed by atoms with E-state index in [1.807, 2.05) is 19.9 Å². The van der Waals surface area contributed by atoms with Crippen LogP contribution < -0.4 is 14.9 Å². The number of nitrogens with one attached hydrogen (secondary N) is 2. The van der Waals surface area contributed by atoms with E-state index in [1.165, 1.54) is 0 Å². The Hall–Kier alpha value is -2.91. The van der Waals surface area contributed by atoms with Crippen LogP contribution in [0, 0.1) is 13.8 Å². The molecule has 0 aliphatic carbocycles. The van der Waals surface area contributed by atoms with Crippen molar-refractivity contribution < 1.29 is 22.7 Å². The number of para-hydroxylation sites is 1. The summed E-state index contributed by atoms with van der Waals surface area (Å²) < 4.78 is 32.2. The van der Waals surface area contributed by atoms with Crippen LogP contribution in [0.2, 0.25) is 0 Å². The van der Waals surface area contributed by atoms with Crippen LogP contribution in [-0.4, -0.2) is 51.8 Å². The van der Waals surface area contributed by atoms with Crippen molar-refractivity contribution in [3.8, 4) is 0 Å². The Morgan fingerprint density at radius 3 is 2.50 bits per heavy atom. The fourth-order valence-corrected chi connectivity index (χ4v) is 5.24. The average molecular weight is 488 g/mol. The van der Waals surface area contributed by atoms with E-state index in [9.17, 15) is 18.0 Å². The third kappa shape index (κ3) is 6.15. The molecule has 3 rings (SSSR count). The van der Waals surface area contributed by atoms with Crippen LogP contribution in [0.1, 0.15) is 47.7 Å². The first-order valence-electron chi connectivity index (χ1n) is 11.5. The zero-order chi connectivity index (χ0) is 24.9. The quantitative estimate of drug-likeness (QED) is 0.564. The van der Waals surface area contributed by atoms with Crippen molar-refractivity contribution in [3.05, 3.63) is 59.2 Å². The van der Waals surface area contributed by atoms with Gasteiger partial charge in [0.15, 0.2) is 0 Å². The minimum Gasteiger partial charge on any atom is -0.376 e. The lowest BCUT2D eigenvalue weighted by Crippen LogP contribution is -2.47. The maximum atomic E-state index is 13.3. The van der Waals surface area contributed by atoms with Crippen LogP contribution in [0.15, 0.2) is 42.5 Å². The second-order valence-electron chi connectivity index (χ2n) is 8.63. The second-order valence-corrected chi connectivity index (χ2v) is 10.5. The van der Waals surface area contributed by atoms with Gasteiger partial charge in [-0.15, -0.1) is 0 Å². The first-order valence-corrected chi connectivity index (χ1v) is 13.3. The van der Waals surface area contributed by atoms with E-state index in [2.05, 4.69) is 10.6 Å². The lowest BCUT2D eigenvalue weighted by molar-refractivity contribution is -0.117. The summed E-state index contributed by atoms with van der Waals surface area (Å²) in [5, 5.41) is 5.64. The SMILES string of the molecule is CC[C@@H](C(=O)Nc1ccccc1C(=O)NC[C@@H]1CCCO1)N(c1ccc(C)c(C)c1)S(C)(=O)=O. The third-order valence-corrected chi connectivity index (χ3v) is 7.20. The van der Waals surface area contributed by atoms with E-state index in [4.69, 9.17) is 4.74 Å². The Bertz CT molecular complexity index is 1140. The predicted octanol–water partition coefficient (Wildman–Crippen LogP) is 3.40. The number of rotatable bonds is 9. The zero-order valence-electron chi connectivity index (χ0n) is 20.1. The Morgan fingerprint density at radius 1 is 1.15 bits per heavy atom. The van der Waals surface area contributed by atoms with E-state index >= 15 is 0 Å². The number of carbonyl (C=O) groups is 2. The molecule has 9 heteroatoms. The topological polar surface area (TPSA) is 105 Å². The molecular weight excluding hydrogens is 454 g/mol. The molecule has 2 aromatic rings. The molecule has 1 aliphatic rings. The normalized spacial score (nSPS) is 16.6. The number of ether oxygens (including phenoxy) is 1. The lowest BCUT2D eigenvalue weighted by atomic mass is 10.1. The van der Waals surface area contributed by atoms with Crippen molar-refractivity contribution in [2.75, 3.05) is 29.0 Å². The van der Waals surface area contributed by atoms with Crippen molar-refractivity contribution in [3.63, 3.8) is 0 Å². The molecule has 2 amide bonds. The summed E-state index contributed by atoms with van der Waals surface area (Å²) >= 11 is 0. The van der Waals surface area contributed by atoms with Crippen LogP contribution in [0.3, 0.4) is 0 Å². The molecule has 2 N–H and O–H groups in total. The summed E-state index contributed by atoms with van der Waals surface area (Å²) in [5.41, 5.74) is 3.01. The smallest absolute Gasteiger partial charge is 0.253 e. The van der Waals surface area contributed by atoms with E-state index < -0.39 is 22.0 Å². The van der Waals surface area contributed by atoms with Crippen LogP contribution in [-0.2, 0) is 19.6 Å². The monoisotopic (exact) mass is 487 g/mol. The average Bonchev–Trinajstić information content (AvgIpc) is 3.31. The van der Waals surface area contributed by atoms with Crippen LogP contribution in [0.25, 0.3) is 0 Å². The first-order chi connectivity index (χ1) is 16.1. The molecule has 8 nitrogen and oxygen atoms in total. The van der Waals surface area contributed by atoms with Crippen LogP contribution >= 0.6 is 0 Å². The van der Waals surface area contributed by atoms with Gasteiger partial charge in [-0.1, -0.05) is 25.1 Å². The van der Waals surface area contributed by atoms with Crippen molar-refractivity contribution in [1.82, 2.24) is 5.32 Å². The van der Waals surface area contributed by atoms with Gasteiger partial charge < -0.3 is 15.4 Å². The van der Waals surface area contributed by atoms with Crippen molar-refractivity contribution in [2.24, 2.45) is 0 Å². The molecule has 2 aromatic carbocycles. The maximum Gasteiger partial charge on any atom is 0.253 e. The summed E-state index contributed by atoms with van der Waals surface area (Å²) in [7, 11) is -3.76. The van der Waals surface area contributed by atoms with Gasteiger partial charge in [-0.2, -0.15) is 0 Å². The molecule has 1 heterocycles. The highest BCUT2D eigenvalue weighted by atomic mass is 32.2. The summed E-state index contributed by atoms with van der Waals surface area (Å²) in [6.07, 6.45) is 3.21. The van der Waals surface area contributed by atoms with Crippen molar-refractivity contribution >= 4 is 33.2 Å². The van der Waals surface area contributed by atoms with Gasteiger partial charge in [0.25, 0.3) is 5.91 Å². The lowest BCUT2D eigenvalue weighted by Gasteiger charge is -2.30. The summed E-state index contributed by atoms with van der Waals surface area (Å²) in [4.78, 5) is 26.1. The molecule has 0 spiro atoms. The summed E-state index contributed by atoms with van der Waals surface area (Å²) in [5.74, 6) is -0.834. The number of amides is 2. The summed E-state index contributed by atoms with van der Waals surface area (Å²) in [6, 6.07) is 11.0. The molecule has 0 bridgehead atoms. The Morgan fingerprint density at radius 2 is 1.88 bits per heavy atom. The summed E-state index contributed by atoms with van der Waals surface area (Å²) in [6.45, 7) is 6.68. The number of aryl methyl sites for hydroxylation is 2. The number of carbonyl (C=O) groups excluding carboxylic acids is 2. The van der Waals surface area contributed by atoms with E-state index in [1.54, 1.807) is 43.3 Å². The van der Waals surface area contributed by atoms with Gasteiger partial charge in [0.05, 0.1) is 29.3 Å². The highest BCUT2D eigenvalue weighted by molar-refractivity contribution is 7.92. The minimum absolute atomic E-state index is 0.00328. The van der Waals surface area contributed by atoms with E-state index in [0.29, 0.717) is 30.1 Å². The molecular formula is C25H33N3O5S. The van der Waals surface area contributed by atoms with Crippen molar-refractivity contribution in [1.29, 1.82) is 0 Å². The fraction of sp³-hybridized carbons (Fsp3) is 0.440. The molecule has 1 aliphatic heterocycles. The van der Waals surface area contributed by atoms with Gasteiger partial charge in [-0.05, 0) is 68.5 Å². The molecule has 0 aromatic heterocycles. The fourth-order valence-electron chi connectivity index (χ4n) is 4.04. The van der Waals surface area contributed by atoms with Gasteiger partial charge in [0.1, 0.15) is 6.04 Å². The predicted molar refractivity (Wildman–Crippen MR) is 134 cm³/mol. The minimum atomic E-state index is -3.76. The van der Waals surface area contributed by atoms with Gasteiger partial charge in [-0.25, -0.2) is 8.42 Å². The molecule has 1 fully saturated rings. The first kappa shape index (κ1) is 25.7. The molecule has 184 valence electrons. The standard InChI is InChI=1S/C25H33N3O5S/c1-5-23(28(34(4,31)32)19-13-12-17(2)18(3)15-19)25(30)27-22-11-7-6-10-21(22)24(29)26-16-20-9-8-14-33-20/h6-7,10-13,15,20,23H,5,8-9,14,16H2,1-4H3,(H,26,29)(H,27,30)/t20-,23-/m0/s1. The van der Waals surface area contributed by atoms with Crippen LogP contribution in [0.5, 0.6) is 0 Å². The number of anilines is 2. The Labute approximate surface area is 201 Å². The van der Waals surface area contributed by atoms with Crippen LogP contribution in [0.4, 0.5) is 11.4 Å². The Kier molecular flexibility index (Phi) is 8.33. The van der Waals surface area contributed by atoms with Gasteiger partial charge in [-0.3, -0.25) is 13.9 Å². The zero-order valence-corrected chi connectivity index (χ0v) is 20.9. The highest BCUT2D eigenvalue weighted by Crippen LogP contribution is 2.26. The number of benzene rings is 2. The highest BCUT2D eigenvalue weighted by Gasteiger charge is 2.32.